The Kier molecular flexibility index (Phi) is 3.23. The van der Waals surface area contributed by atoms with Crippen LogP contribution < -0.4 is 16.4 Å². The zero-order valence-electron chi connectivity index (χ0n) is 9.29. The molecule has 2 heterocycles. The molecule has 0 saturated carbocycles. The lowest BCUT2D eigenvalue weighted by atomic mass is 9.94. The van der Waals surface area contributed by atoms with E-state index in [1.54, 1.807) is 29.4 Å². The first kappa shape index (κ1) is 11.8. The molecule has 5 nitrogen and oxygen atoms in total. The Hall–Kier alpha value is -1.69. The van der Waals surface area contributed by atoms with Gasteiger partial charge in [0.1, 0.15) is 12.2 Å². The minimum Gasteiger partial charge on any atom is -0.368 e. The van der Waals surface area contributed by atoms with Crippen LogP contribution in [0, 0.1) is 0 Å². The van der Waals surface area contributed by atoms with Crippen molar-refractivity contribution < 1.29 is 9.18 Å². The highest BCUT2D eigenvalue weighted by atomic mass is 19.1. The second kappa shape index (κ2) is 4.67. The van der Waals surface area contributed by atoms with E-state index in [0.717, 1.165) is 0 Å². The molecule has 0 radical (unpaired) electrons. The Morgan fingerprint density at radius 2 is 2.12 bits per heavy atom. The van der Waals surface area contributed by atoms with Gasteiger partial charge in [-0.1, -0.05) is 0 Å². The van der Waals surface area contributed by atoms with Crippen LogP contribution in [0.25, 0.3) is 0 Å². The molecule has 17 heavy (non-hydrogen) atoms. The van der Waals surface area contributed by atoms with Gasteiger partial charge in [-0.15, -0.1) is 0 Å². The summed E-state index contributed by atoms with van der Waals surface area (Å²) >= 11 is 0. The maximum Gasteiger partial charge on any atom is 0.241 e. The van der Waals surface area contributed by atoms with Gasteiger partial charge in [-0.25, -0.2) is 4.39 Å². The number of amides is 1. The summed E-state index contributed by atoms with van der Waals surface area (Å²) in [5.41, 5.74) is 11.8. The molecule has 0 spiro atoms. The largest absolute Gasteiger partial charge is 0.368 e. The van der Waals surface area contributed by atoms with Crippen molar-refractivity contribution in [2.24, 2.45) is 11.5 Å². The molecule has 2 rings (SSSR count). The number of rotatable bonds is 2. The average molecular weight is 238 g/mol. The number of nitrogens with two attached hydrogens (primary N) is 2. The SMILES string of the molecule is NC(=O)C1C(N)CC(F)CN1c1ccncc1. The average Bonchev–Trinajstić information content (AvgIpc) is 2.28. The normalized spacial score (nSPS) is 29.1. The highest BCUT2D eigenvalue weighted by Crippen LogP contribution is 2.25. The Bertz CT molecular complexity index is 400. The summed E-state index contributed by atoms with van der Waals surface area (Å²) in [4.78, 5) is 16.9. The van der Waals surface area contributed by atoms with Crippen molar-refractivity contribution in [3.63, 3.8) is 0 Å². The van der Waals surface area contributed by atoms with Crippen LogP contribution in [0.4, 0.5) is 10.1 Å². The number of carbonyl (C=O) groups is 1. The Labute approximate surface area is 98.6 Å². The van der Waals surface area contributed by atoms with Crippen LogP contribution in [0.15, 0.2) is 24.5 Å². The zero-order valence-corrected chi connectivity index (χ0v) is 9.29. The molecule has 92 valence electrons. The molecule has 1 aromatic rings. The van der Waals surface area contributed by atoms with Crippen LogP contribution in [0.3, 0.4) is 0 Å². The second-order valence-electron chi connectivity index (χ2n) is 4.20. The van der Waals surface area contributed by atoms with E-state index in [-0.39, 0.29) is 13.0 Å². The molecule has 1 aliphatic rings. The van der Waals surface area contributed by atoms with E-state index in [9.17, 15) is 9.18 Å². The van der Waals surface area contributed by atoms with Gasteiger partial charge in [-0.3, -0.25) is 9.78 Å². The minimum absolute atomic E-state index is 0.130. The summed E-state index contributed by atoms with van der Waals surface area (Å²) in [5.74, 6) is -0.527. The lowest BCUT2D eigenvalue weighted by Crippen LogP contribution is -2.61. The van der Waals surface area contributed by atoms with Crippen LogP contribution in [0.5, 0.6) is 0 Å². The van der Waals surface area contributed by atoms with Crippen LogP contribution in [0.2, 0.25) is 0 Å². The van der Waals surface area contributed by atoms with Crippen LogP contribution in [0.1, 0.15) is 6.42 Å². The number of primary amides is 1. The van der Waals surface area contributed by atoms with Gasteiger partial charge in [0.15, 0.2) is 0 Å². The number of alkyl halides is 1. The molecule has 1 aromatic heterocycles. The third-order valence-electron chi connectivity index (χ3n) is 2.95. The smallest absolute Gasteiger partial charge is 0.241 e. The maximum absolute atomic E-state index is 13.5. The third-order valence-corrected chi connectivity index (χ3v) is 2.95. The number of hydrogen-bond acceptors (Lipinski definition) is 4. The van der Waals surface area contributed by atoms with E-state index in [4.69, 9.17) is 11.5 Å². The standard InChI is InChI=1S/C11H15FN4O/c12-7-5-9(13)10(11(14)17)16(6-7)8-1-3-15-4-2-8/h1-4,7,9-10H,5-6,13H2,(H2,14,17). The first-order valence-electron chi connectivity index (χ1n) is 5.45. The maximum atomic E-state index is 13.5. The van der Waals surface area contributed by atoms with Gasteiger partial charge in [0.05, 0.1) is 6.54 Å². The summed E-state index contributed by atoms with van der Waals surface area (Å²) < 4.78 is 13.5. The molecular weight excluding hydrogens is 223 g/mol. The molecule has 1 aliphatic heterocycles. The van der Waals surface area contributed by atoms with Gasteiger partial charge in [0.25, 0.3) is 0 Å². The first-order chi connectivity index (χ1) is 8.09. The minimum atomic E-state index is -1.05. The molecule has 1 saturated heterocycles. The van der Waals surface area contributed by atoms with Crippen molar-refractivity contribution >= 4 is 11.6 Å². The molecule has 6 heteroatoms. The van der Waals surface area contributed by atoms with Crippen molar-refractivity contribution in [3.8, 4) is 0 Å². The van der Waals surface area contributed by atoms with E-state index < -0.39 is 24.2 Å². The highest BCUT2D eigenvalue weighted by Gasteiger charge is 2.37. The van der Waals surface area contributed by atoms with Gasteiger partial charge in [-0.05, 0) is 18.6 Å². The van der Waals surface area contributed by atoms with Crippen LogP contribution in [-0.4, -0.2) is 35.7 Å². The summed E-state index contributed by atoms with van der Waals surface area (Å²) in [6, 6.07) is 2.18. The van der Waals surface area contributed by atoms with Crippen molar-refractivity contribution in [2.45, 2.75) is 24.7 Å². The fourth-order valence-electron chi connectivity index (χ4n) is 2.22. The number of nitrogens with zero attached hydrogens (tertiary/aromatic N) is 2. The summed E-state index contributed by atoms with van der Waals surface area (Å²) in [5, 5.41) is 0. The molecule has 1 fully saturated rings. The van der Waals surface area contributed by atoms with Crippen molar-refractivity contribution in [3.05, 3.63) is 24.5 Å². The number of carbonyl (C=O) groups excluding carboxylic acids is 1. The van der Waals surface area contributed by atoms with Crippen LogP contribution in [-0.2, 0) is 4.79 Å². The number of halogens is 1. The highest BCUT2D eigenvalue weighted by molar-refractivity contribution is 5.85. The topological polar surface area (TPSA) is 85.2 Å². The molecule has 3 atom stereocenters. The predicted octanol–water partition coefficient (Wildman–Crippen LogP) is -0.189. The molecule has 4 N–H and O–H groups in total. The molecule has 0 bridgehead atoms. The molecule has 3 unspecified atom stereocenters. The zero-order chi connectivity index (χ0) is 12.4. The quantitative estimate of drug-likeness (QED) is 0.748. The molecule has 1 amide bonds. The van der Waals surface area contributed by atoms with Crippen LogP contribution >= 0.6 is 0 Å². The summed E-state index contributed by atoms with van der Waals surface area (Å²) in [7, 11) is 0. The predicted molar refractivity (Wildman–Crippen MR) is 62.1 cm³/mol. The summed E-state index contributed by atoms with van der Waals surface area (Å²) in [6.07, 6.45) is 2.28. The van der Waals surface area contributed by atoms with Crippen molar-refractivity contribution in [1.29, 1.82) is 0 Å². The number of hydrogen-bond donors (Lipinski definition) is 2. The van der Waals surface area contributed by atoms with Gasteiger partial charge in [-0.2, -0.15) is 0 Å². The van der Waals surface area contributed by atoms with E-state index in [0.29, 0.717) is 5.69 Å². The number of anilines is 1. The molecule has 0 aromatic carbocycles. The van der Waals surface area contributed by atoms with Gasteiger partial charge in [0.2, 0.25) is 5.91 Å². The fraction of sp³-hybridized carbons (Fsp3) is 0.455. The van der Waals surface area contributed by atoms with Gasteiger partial charge < -0.3 is 16.4 Å². The van der Waals surface area contributed by atoms with E-state index in [1.807, 2.05) is 0 Å². The Morgan fingerprint density at radius 3 is 2.71 bits per heavy atom. The van der Waals surface area contributed by atoms with Crippen molar-refractivity contribution in [1.82, 2.24) is 4.98 Å². The Balaban J connectivity index is 2.31. The second-order valence-corrected chi connectivity index (χ2v) is 4.20. The molecule has 0 aliphatic carbocycles. The van der Waals surface area contributed by atoms with E-state index in [1.165, 1.54) is 0 Å². The lowest BCUT2D eigenvalue weighted by molar-refractivity contribution is -0.120. The lowest BCUT2D eigenvalue weighted by Gasteiger charge is -2.40. The van der Waals surface area contributed by atoms with Gasteiger partial charge in [0, 0.05) is 24.1 Å². The third kappa shape index (κ3) is 2.36. The first-order valence-corrected chi connectivity index (χ1v) is 5.45. The number of piperidine rings is 1. The monoisotopic (exact) mass is 238 g/mol. The van der Waals surface area contributed by atoms with E-state index in [2.05, 4.69) is 4.98 Å². The molecular formula is C11H15FN4O. The Morgan fingerprint density at radius 1 is 1.47 bits per heavy atom. The summed E-state index contributed by atoms with van der Waals surface area (Å²) in [6.45, 7) is 0.130. The number of pyridine rings is 1. The fourth-order valence-corrected chi connectivity index (χ4v) is 2.22. The van der Waals surface area contributed by atoms with Gasteiger partial charge >= 0.3 is 0 Å². The van der Waals surface area contributed by atoms with E-state index >= 15 is 0 Å². The van der Waals surface area contributed by atoms with Crippen molar-refractivity contribution in [2.75, 3.05) is 11.4 Å². The number of aromatic nitrogens is 1.